The Bertz CT molecular complexity index is 1770. The first-order chi connectivity index (χ1) is 30.4. The highest BCUT2D eigenvalue weighted by Crippen LogP contribution is 2.79. The molecular formula is C60H100O6. The molecular weight excluding hydrogens is 817 g/mol. The average molecular weight is 917 g/mol. The lowest BCUT2D eigenvalue weighted by molar-refractivity contribution is -0.248. The molecule has 10 aliphatic rings. The van der Waals surface area contributed by atoms with E-state index in [2.05, 4.69) is 83.1 Å². The number of aliphatic carboxylic acids is 2. The number of hydrogen-bond acceptors (Lipinski definition) is 4. The number of rotatable bonds is 4. The Morgan fingerprint density at radius 2 is 0.742 bits per heavy atom. The molecule has 0 aromatic heterocycles. The fourth-order valence-corrected chi connectivity index (χ4v) is 23.5. The minimum Gasteiger partial charge on any atom is -0.481 e. The highest BCUT2D eigenvalue weighted by Gasteiger charge is 2.73. The predicted molar refractivity (Wildman–Crippen MR) is 265 cm³/mol. The van der Waals surface area contributed by atoms with Crippen LogP contribution in [0.15, 0.2) is 0 Å². The zero-order chi connectivity index (χ0) is 48.4. The molecule has 376 valence electrons. The topological polar surface area (TPSA) is 115 Å². The molecule has 0 amide bonds. The molecule has 0 heterocycles. The molecule has 10 saturated carbocycles. The van der Waals surface area contributed by atoms with Crippen LogP contribution in [-0.2, 0) is 9.59 Å². The van der Waals surface area contributed by atoms with Gasteiger partial charge in [0.05, 0.1) is 24.0 Å². The Kier molecular flexibility index (Phi) is 11.8. The van der Waals surface area contributed by atoms with Crippen molar-refractivity contribution in [1.82, 2.24) is 0 Å². The van der Waals surface area contributed by atoms with Crippen molar-refractivity contribution in [2.45, 2.75) is 238 Å². The maximum absolute atomic E-state index is 12.1. The molecule has 10 fully saturated rings. The van der Waals surface area contributed by atoms with Gasteiger partial charge in [-0.15, -0.1) is 0 Å². The zero-order valence-corrected chi connectivity index (χ0v) is 44.8. The molecule has 0 aromatic rings. The van der Waals surface area contributed by atoms with E-state index in [0.717, 1.165) is 37.5 Å². The third-order valence-electron chi connectivity index (χ3n) is 27.8. The highest BCUT2D eigenvalue weighted by molar-refractivity contribution is 5.70. The fourth-order valence-electron chi connectivity index (χ4n) is 23.5. The number of carbonyl (C=O) groups is 2. The van der Waals surface area contributed by atoms with E-state index in [0.29, 0.717) is 90.7 Å². The van der Waals surface area contributed by atoms with Crippen molar-refractivity contribution in [3.8, 4) is 0 Å². The van der Waals surface area contributed by atoms with Gasteiger partial charge in [-0.05, 0) is 242 Å². The molecule has 10 rings (SSSR count). The van der Waals surface area contributed by atoms with Gasteiger partial charge in [-0.3, -0.25) is 9.59 Å². The Morgan fingerprint density at radius 3 is 1.08 bits per heavy atom. The molecule has 4 N–H and O–H groups in total. The van der Waals surface area contributed by atoms with Gasteiger partial charge >= 0.3 is 11.9 Å². The lowest BCUT2D eigenvalue weighted by Gasteiger charge is -2.73. The summed E-state index contributed by atoms with van der Waals surface area (Å²) in [6, 6.07) is 0. The normalized spacial score (nSPS) is 56.1. The summed E-state index contributed by atoms with van der Waals surface area (Å²) in [5, 5.41) is 41.7. The van der Waals surface area contributed by atoms with Crippen LogP contribution < -0.4 is 0 Å². The maximum Gasteiger partial charge on any atom is 0.306 e. The quantitative estimate of drug-likeness (QED) is 0.223. The molecule has 6 heteroatoms. The van der Waals surface area contributed by atoms with Crippen LogP contribution in [-0.4, -0.2) is 44.6 Å². The summed E-state index contributed by atoms with van der Waals surface area (Å²) >= 11 is 0. The SMILES string of the molecule is C[C@H](C(=O)O)[C@H]1CC[C@@]2(C)CC[C@@]3(C)[C@@H](CC[C@H]4[C@]5(C)CC[C@@H](O)C(C)(C)[C@H]5CC[C@@]43C)[C@H]12.C[C@H](C(=O)O)[C@H]1CC[C@@]2(C)CC[C@@]3(C)[C@@H](CC[C@H]4[C@]5(C)CC[C@@H](O)C(C)(C)[C@H]5CC[C@@]43C)[C@H]12. The van der Waals surface area contributed by atoms with E-state index < -0.39 is 11.9 Å². The third-order valence-corrected chi connectivity index (χ3v) is 27.8. The van der Waals surface area contributed by atoms with E-state index in [4.69, 9.17) is 0 Å². The largest absolute Gasteiger partial charge is 0.481 e. The zero-order valence-electron chi connectivity index (χ0n) is 44.8. The minimum absolute atomic E-state index is 0.00465. The second kappa shape index (κ2) is 15.7. The molecule has 0 bridgehead atoms. The summed E-state index contributed by atoms with van der Waals surface area (Å²) in [5.41, 5.74) is 2.54. The van der Waals surface area contributed by atoms with Gasteiger partial charge in [0.2, 0.25) is 0 Å². The summed E-state index contributed by atoms with van der Waals surface area (Å²) in [4.78, 5) is 24.1. The molecule has 6 nitrogen and oxygen atoms in total. The molecule has 0 radical (unpaired) electrons. The number of carboxylic acid groups (broad SMARTS) is 2. The van der Waals surface area contributed by atoms with Gasteiger partial charge in [0.1, 0.15) is 0 Å². The third kappa shape index (κ3) is 6.47. The summed E-state index contributed by atoms with van der Waals surface area (Å²) in [6.45, 7) is 34.1. The van der Waals surface area contributed by atoms with Gasteiger partial charge in [-0.25, -0.2) is 0 Å². The van der Waals surface area contributed by atoms with Gasteiger partial charge in [-0.1, -0.05) is 96.9 Å². The molecule has 0 saturated heterocycles. The van der Waals surface area contributed by atoms with Crippen LogP contribution in [0.2, 0.25) is 0 Å². The Balaban J connectivity index is 0.000000166. The first-order valence-corrected chi connectivity index (χ1v) is 28.3. The van der Waals surface area contributed by atoms with Crippen LogP contribution in [0.5, 0.6) is 0 Å². The standard InChI is InChI=1S/2C30H50O3/c2*1-18(25(32)33)19-10-13-27(4)16-17-29(6)20(24(19)27)8-9-22-28(5)14-12-23(31)26(2,3)21(28)11-15-30(22,29)7/h2*18-24,31H,8-17H2,1-7H3,(H,32,33)/t2*18-,19+,20-,21+,22-,23+,24-,27-,28+,29-,30-/m00/s1. The van der Waals surface area contributed by atoms with E-state index >= 15 is 0 Å². The lowest BCUT2D eigenvalue weighted by Crippen LogP contribution is -2.66. The van der Waals surface area contributed by atoms with E-state index in [1.165, 1.54) is 103 Å². The molecule has 22 atom stereocenters. The van der Waals surface area contributed by atoms with Crippen molar-refractivity contribution in [2.75, 3.05) is 0 Å². The first kappa shape index (κ1) is 49.8. The Hall–Kier alpha value is -1.14. The van der Waals surface area contributed by atoms with Crippen molar-refractivity contribution in [2.24, 2.45) is 125 Å². The van der Waals surface area contributed by atoms with Crippen molar-refractivity contribution < 1.29 is 30.0 Å². The Labute approximate surface area is 403 Å². The first-order valence-electron chi connectivity index (χ1n) is 28.3. The van der Waals surface area contributed by atoms with E-state index in [-0.39, 0.29) is 34.9 Å². The number of hydrogen-bond donors (Lipinski definition) is 4. The molecule has 66 heavy (non-hydrogen) atoms. The molecule has 10 aliphatic carbocycles. The predicted octanol–water partition coefficient (Wildman–Crippen LogP) is 14.3. The van der Waals surface area contributed by atoms with Crippen LogP contribution in [0, 0.1) is 125 Å². The van der Waals surface area contributed by atoms with E-state index in [1.807, 2.05) is 13.8 Å². The number of aliphatic hydroxyl groups is 2. The summed E-state index contributed by atoms with van der Waals surface area (Å²) in [7, 11) is 0. The minimum atomic E-state index is -0.590. The molecule has 0 unspecified atom stereocenters. The smallest absolute Gasteiger partial charge is 0.306 e. The second-order valence-corrected chi connectivity index (χ2v) is 30.1. The van der Waals surface area contributed by atoms with Crippen molar-refractivity contribution in [3.05, 3.63) is 0 Å². The average Bonchev–Trinajstić information content (AvgIpc) is 3.78. The summed E-state index contributed by atoms with van der Waals surface area (Å²) < 4.78 is 0. The van der Waals surface area contributed by atoms with Crippen LogP contribution in [0.1, 0.15) is 225 Å². The van der Waals surface area contributed by atoms with Gasteiger partial charge < -0.3 is 20.4 Å². The number of fused-ring (bicyclic) bond motifs is 14. The molecule has 0 aromatic carbocycles. The monoisotopic (exact) mass is 917 g/mol. The lowest BCUT2D eigenvalue weighted by atomic mass is 9.32. The van der Waals surface area contributed by atoms with Gasteiger partial charge in [0.25, 0.3) is 0 Å². The van der Waals surface area contributed by atoms with Crippen molar-refractivity contribution >= 4 is 11.9 Å². The highest BCUT2D eigenvalue weighted by atomic mass is 16.4. The van der Waals surface area contributed by atoms with E-state index in [9.17, 15) is 30.0 Å². The fraction of sp³-hybridized carbons (Fsp3) is 0.967. The van der Waals surface area contributed by atoms with Gasteiger partial charge in [0.15, 0.2) is 0 Å². The van der Waals surface area contributed by atoms with Crippen molar-refractivity contribution in [1.29, 1.82) is 0 Å². The Morgan fingerprint density at radius 1 is 0.394 bits per heavy atom. The van der Waals surface area contributed by atoms with Crippen LogP contribution in [0.4, 0.5) is 0 Å². The summed E-state index contributed by atoms with van der Waals surface area (Å²) in [5.74, 6) is 4.15. The summed E-state index contributed by atoms with van der Waals surface area (Å²) in [6.07, 6.45) is 24.0. The second-order valence-electron chi connectivity index (χ2n) is 30.1. The number of aliphatic hydroxyl groups excluding tert-OH is 2. The van der Waals surface area contributed by atoms with Crippen LogP contribution in [0.25, 0.3) is 0 Å². The molecule has 0 spiro atoms. The molecule has 0 aliphatic heterocycles. The van der Waals surface area contributed by atoms with Crippen LogP contribution >= 0.6 is 0 Å². The van der Waals surface area contributed by atoms with Crippen LogP contribution in [0.3, 0.4) is 0 Å². The van der Waals surface area contributed by atoms with E-state index in [1.54, 1.807) is 0 Å². The van der Waals surface area contributed by atoms with Crippen molar-refractivity contribution in [3.63, 3.8) is 0 Å². The number of carboxylic acids is 2. The van der Waals surface area contributed by atoms with Gasteiger partial charge in [-0.2, -0.15) is 0 Å². The van der Waals surface area contributed by atoms with Gasteiger partial charge in [0, 0.05) is 0 Å². The maximum atomic E-state index is 12.1.